The van der Waals surface area contributed by atoms with Gasteiger partial charge in [-0.1, -0.05) is 0 Å². The number of nitrogens with zero attached hydrogens (tertiary/aromatic N) is 1. The summed E-state index contributed by atoms with van der Waals surface area (Å²) in [4.78, 5) is 13.6. The Morgan fingerprint density at radius 3 is 2.93 bits per heavy atom. The van der Waals surface area contributed by atoms with E-state index in [4.69, 9.17) is 5.11 Å². The summed E-state index contributed by atoms with van der Waals surface area (Å²) in [5.74, 6) is -0.790. The molecule has 0 aliphatic carbocycles. The highest BCUT2D eigenvalue weighted by Crippen LogP contribution is 2.44. The predicted molar refractivity (Wildman–Crippen MR) is 60.0 cm³/mol. The van der Waals surface area contributed by atoms with Crippen LogP contribution in [0.3, 0.4) is 0 Å². The molecule has 0 amide bonds. The summed E-state index contributed by atoms with van der Waals surface area (Å²) in [6.45, 7) is 0.937. The standard InChI is InChI=1S/C9H11NO2S2/c1-10-4-3-5-6(10)9(13-2)14-7(5)8(11)12/h3-4H2,1-2H3,(H,11,12). The lowest BCUT2D eigenvalue weighted by molar-refractivity contribution is 0.0701. The van der Waals surface area contributed by atoms with Gasteiger partial charge in [-0.2, -0.15) is 0 Å². The highest BCUT2D eigenvalue weighted by atomic mass is 32.2. The van der Waals surface area contributed by atoms with Gasteiger partial charge in [0.15, 0.2) is 0 Å². The van der Waals surface area contributed by atoms with Gasteiger partial charge in [0.25, 0.3) is 0 Å². The highest BCUT2D eigenvalue weighted by molar-refractivity contribution is 8.00. The van der Waals surface area contributed by atoms with Gasteiger partial charge >= 0.3 is 5.97 Å². The van der Waals surface area contributed by atoms with Crippen LogP contribution in [0.25, 0.3) is 0 Å². The van der Waals surface area contributed by atoms with Crippen LogP contribution in [0.5, 0.6) is 0 Å². The molecule has 1 aliphatic heterocycles. The zero-order valence-corrected chi connectivity index (χ0v) is 9.67. The molecule has 3 nitrogen and oxygen atoms in total. The van der Waals surface area contributed by atoms with Crippen LogP contribution in [0, 0.1) is 0 Å². The minimum absolute atomic E-state index is 0.522. The van der Waals surface area contributed by atoms with Crippen molar-refractivity contribution in [2.24, 2.45) is 0 Å². The molecule has 0 aromatic carbocycles. The minimum Gasteiger partial charge on any atom is -0.477 e. The molecule has 2 rings (SSSR count). The maximum absolute atomic E-state index is 11.0. The Kier molecular flexibility index (Phi) is 2.45. The summed E-state index contributed by atoms with van der Waals surface area (Å²) >= 11 is 3.03. The zero-order chi connectivity index (χ0) is 10.3. The second-order valence-corrected chi connectivity index (χ2v) is 5.32. The molecule has 1 N–H and O–H groups in total. The number of aromatic carboxylic acids is 1. The van der Waals surface area contributed by atoms with Crippen LogP contribution < -0.4 is 4.90 Å². The molecule has 0 saturated carbocycles. The second-order valence-electron chi connectivity index (χ2n) is 3.23. The van der Waals surface area contributed by atoms with Gasteiger partial charge in [0.05, 0.1) is 9.90 Å². The molecule has 0 atom stereocenters. The van der Waals surface area contributed by atoms with Crippen molar-refractivity contribution in [2.75, 3.05) is 24.7 Å². The maximum atomic E-state index is 11.0. The molecule has 0 radical (unpaired) electrons. The van der Waals surface area contributed by atoms with E-state index in [2.05, 4.69) is 4.90 Å². The summed E-state index contributed by atoms with van der Waals surface area (Å²) in [6, 6.07) is 0. The number of hydrogen-bond donors (Lipinski definition) is 1. The quantitative estimate of drug-likeness (QED) is 0.789. The number of carbonyl (C=O) groups is 1. The van der Waals surface area contributed by atoms with Gasteiger partial charge in [0.1, 0.15) is 4.88 Å². The molecular formula is C9H11NO2S2. The van der Waals surface area contributed by atoms with Crippen LogP contribution >= 0.6 is 23.1 Å². The fourth-order valence-corrected chi connectivity index (χ4v) is 3.78. The van der Waals surface area contributed by atoms with E-state index in [0.717, 1.165) is 28.4 Å². The molecular weight excluding hydrogens is 218 g/mol. The van der Waals surface area contributed by atoms with Crippen molar-refractivity contribution in [3.63, 3.8) is 0 Å². The number of anilines is 1. The van der Waals surface area contributed by atoms with Crippen LogP contribution in [-0.2, 0) is 6.42 Å². The number of carboxylic acid groups (broad SMARTS) is 1. The zero-order valence-electron chi connectivity index (χ0n) is 8.03. The Morgan fingerprint density at radius 1 is 1.64 bits per heavy atom. The summed E-state index contributed by atoms with van der Waals surface area (Å²) in [7, 11) is 2.02. The Balaban J connectivity index is 2.57. The fraction of sp³-hybridized carbons (Fsp3) is 0.444. The number of hydrogen-bond acceptors (Lipinski definition) is 4. The fourth-order valence-electron chi connectivity index (χ4n) is 1.75. The third-order valence-electron chi connectivity index (χ3n) is 2.41. The monoisotopic (exact) mass is 229 g/mol. The Labute approximate surface area is 90.7 Å². The third kappa shape index (κ3) is 1.31. The van der Waals surface area contributed by atoms with Gasteiger partial charge < -0.3 is 10.0 Å². The van der Waals surface area contributed by atoms with E-state index in [1.807, 2.05) is 13.3 Å². The molecule has 5 heteroatoms. The van der Waals surface area contributed by atoms with E-state index in [9.17, 15) is 4.79 Å². The minimum atomic E-state index is -0.790. The van der Waals surface area contributed by atoms with Crippen LogP contribution in [-0.4, -0.2) is 30.9 Å². The van der Waals surface area contributed by atoms with Gasteiger partial charge in [0, 0.05) is 19.2 Å². The van der Waals surface area contributed by atoms with Gasteiger partial charge in [-0.3, -0.25) is 0 Å². The van der Waals surface area contributed by atoms with Crippen LogP contribution in [0.4, 0.5) is 5.69 Å². The van der Waals surface area contributed by atoms with Crippen molar-refractivity contribution in [2.45, 2.75) is 10.6 Å². The maximum Gasteiger partial charge on any atom is 0.346 e. The summed E-state index contributed by atoms with van der Waals surface area (Å²) in [6.07, 6.45) is 2.86. The van der Waals surface area contributed by atoms with E-state index in [-0.39, 0.29) is 0 Å². The Bertz CT molecular complexity index is 386. The first-order valence-electron chi connectivity index (χ1n) is 4.29. The third-order valence-corrected chi connectivity index (χ3v) is 4.72. The lowest BCUT2D eigenvalue weighted by atomic mass is 10.2. The van der Waals surface area contributed by atoms with Gasteiger partial charge in [-0.05, 0) is 12.7 Å². The first-order chi connectivity index (χ1) is 6.65. The van der Waals surface area contributed by atoms with Gasteiger partial charge in [0.2, 0.25) is 0 Å². The van der Waals surface area contributed by atoms with Crippen LogP contribution in [0.1, 0.15) is 15.2 Å². The topological polar surface area (TPSA) is 40.5 Å². The molecule has 1 aromatic rings. The van der Waals surface area contributed by atoms with E-state index >= 15 is 0 Å². The Morgan fingerprint density at radius 2 is 2.36 bits per heavy atom. The number of rotatable bonds is 2. The van der Waals surface area contributed by atoms with Gasteiger partial charge in [-0.25, -0.2) is 4.79 Å². The summed E-state index contributed by atoms with van der Waals surface area (Å²) < 4.78 is 1.12. The molecule has 0 bridgehead atoms. The highest BCUT2D eigenvalue weighted by Gasteiger charge is 2.28. The van der Waals surface area contributed by atoms with Gasteiger partial charge in [-0.15, -0.1) is 23.1 Å². The molecule has 0 saturated heterocycles. The first kappa shape index (κ1) is 9.86. The first-order valence-corrected chi connectivity index (χ1v) is 6.33. The molecule has 1 aromatic heterocycles. The lowest BCUT2D eigenvalue weighted by Gasteiger charge is -2.11. The van der Waals surface area contributed by atoms with Crippen molar-refractivity contribution in [3.8, 4) is 0 Å². The van der Waals surface area contributed by atoms with Crippen molar-refractivity contribution < 1.29 is 9.90 Å². The van der Waals surface area contributed by atoms with Crippen LogP contribution in [0.15, 0.2) is 4.21 Å². The molecule has 2 heterocycles. The number of fused-ring (bicyclic) bond motifs is 1. The van der Waals surface area contributed by atoms with Crippen molar-refractivity contribution in [1.29, 1.82) is 0 Å². The van der Waals surface area contributed by atoms with E-state index in [1.54, 1.807) is 11.8 Å². The number of carboxylic acids is 1. The Hall–Kier alpha value is -0.680. The number of likely N-dealkylation sites (N-methyl/N-ethyl adjacent to an activating group) is 1. The molecule has 76 valence electrons. The lowest BCUT2D eigenvalue weighted by Crippen LogP contribution is -2.12. The largest absolute Gasteiger partial charge is 0.477 e. The van der Waals surface area contributed by atoms with E-state index < -0.39 is 5.97 Å². The average molecular weight is 229 g/mol. The smallest absolute Gasteiger partial charge is 0.346 e. The van der Waals surface area contributed by atoms with E-state index in [0.29, 0.717) is 4.88 Å². The van der Waals surface area contributed by atoms with Crippen molar-refractivity contribution >= 4 is 34.8 Å². The van der Waals surface area contributed by atoms with Crippen LogP contribution in [0.2, 0.25) is 0 Å². The van der Waals surface area contributed by atoms with Crippen molar-refractivity contribution in [3.05, 3.63) is 10.4 Å². The van der Waals surface area contributed by atoms with E-state index in [1.165, 1.54) is 11.3 Å². The molecule has 1 aliphatic rings. The number of thioether (sulfide) groups is 1. The molecule has 0 spiro atoms. The molecule has 0 fully saturated rings. The second kappa shape index (κ2) is 3.47. The summed E-state index contributed by atoms with van der Waals surface area (Å²) in [5.41, 5.74) is 2.16. The normalized spacial score (nSPS) is 14.6. The SMILES string of the molecule is CSc1sc(C(=O)O)c2c1N(C)CC2. The molecule has 0 unspecified atom stereocenters. The van der Waals surface area contributed by atoms with Crippen molar-refractivity contribution in [1.82, 2.24) is 0 Å². The predicted octanol–water partition coefficient (Wildman–Crippen LogP) is 2.16. The summed E-state index contributed by atoms with van der Waals surface area (Å²) in [5, 5.41) is 9.03. The molecule has 14 heavy (non-hydrogen) atoms. The average Bonchev–Trinajstić information content (AvgIpc) is 2.66. The number of thiophene rings is 1.